The minimum atomic E-state index is -1.23. The van der Waals surface area contributed by atoms with Crippen LogP contribution >= 0.6 is 22.6 Å². The Hall–Kier alpha value is -2.03. The molecular formula is C16H12F2INO3. The fourth-order valence-electron chi connectivity index (χ4n) is 2.01. The fraction of sp³-hybridized carbons (Fsp3) is 0.125. The lowest BCUT2D eigenvalue weighted by atomic mass is 10.1. The van der Waals surface area contributed by atoms with Gasteiger partial charge in [-0.2, -0.15) is 0 Å². The SMILES string of the molecule is O=C(N[C@@H](Cc1ccccc1I)C(=O)O)c1cc(F)cc(F)c1. The molecule has 0 aliphatic carbocycles. The molecular weight excluding hydrogens is 419 g/mol. The number of hydrogen-bond acceptors (Lipinski definition) is 2. The van der Waals surface area contributed by atoms with Crippen molar-refractivity contribution in [3.8, 4) is 0 Å². The zero-order valence-corrected chi connectivity index (χ0v) is 13.9. The summed E-state index contributed by atoms with van der Waals surface area (Å²) in [6.45, 7) is 0. The Morgan fingerprint density at radius 1 is 1.13 bits per heavy atom. The molecule has 1 atom stereocenters. The first-order valence-corrected chi connectivity index (χ1v) is 7.68. The number of carboxylic acid groups (broad SMARTS) is 1. The van der Waals surface area contributed by atoms with E-state index in [-0.39, 0.29) is 12.0 Å². The summed E-state index contributed by atoms with van der Waals surface area (Å²) in [5, 5.41) is 11.6. The van der Waals surface area contributed by atoms with Crippen LogP contribution in [0.1, 0.15) is 15.9 Å². The first-order valence-electron chi connectivity index (χ1n) is 6.60. The number of rotatable bonds is 5. The number of amides is 1. The van der Waals surface area contributed by atoms with Gasteiger partial charge < -0.3 is 10.4 Å². The highest BCUT2D eigenvalue weighted by atomic mass is 127. The third-order valence-electron chi connectivity index (χ3n) is 3.11. The highest BCUT2D eigenvalue weighted by molar-refractivity contribution is 14.1. The van der Waals surface area contributed by atoms with Crippen LogP contribution in [0.3, 0.4) is 0 Å². The molecule has 0 unspecified atom stereocenters. The summed E-state index contributed by atoms with van der Waals surface area (Å²) in [6.07, 6.45) is 0.0674. The van der Waals surface area contributed by atoms with Gasteiger partial charge >= 0.3 is 5.97 Å². The van der Waals surface area contributed by atoms with E-state index in [0.29, 0.717) is 6.07 Å². The largest absolute Gasteiger partial charge is 0.480 e. The van der Waals surface area contributed by atoms with Gasteiger partial charge in [0.2, 0.25) is 0 Å². The Balaban J connectivity index is 2.18. The van der Waals surface area contributed by atoms with Crippen LogP contribution < -0.4 is 5.32 Å². The second-order valence-electron chi connectivity index (χ2n) is 4.82. The highest BCUT2D eigenvalue weighted by Gasteiger charge is 2.22. The van der Waals surface area contributed by atoms with Crippen LogP contribution in [0, 0.1) is 15.2 Å². The van der Waals surface area contributed by atoms with Crippen LogP contribution in [0.4, 0.5) is 8.78 Å². The summed E-state index contributed by atoms with van der Waals surface area (Å²) in [7, 11) is 0. The van der Waals surface area contributed by atoms with Crippen molar-refractivity contribution in [2.75, 3.05) is 0 Å². The summed E-state index contributed by atoms with van der Waals surface area (Å²) in [6, 6.07) is 8.29. The van der Waals surface area contributed by atoms with Gasteiger partial charge in [-0.1, -0.05) is 18.2 Å². The molecule has 120 valence electrons. The number of carbonyl (C=O) groups excluding carboxylic acids is 1. The molecule has 1 amide bonds. The van der Waals surface area contributed by atoms with Crippen molar-refractivity contribution in [2.24, 2.45) is 0 Å². The zero-order chi connectivity index (χ0) is 17.0. The van der Waals surface area contributed by atoms with E-state index in [2.05, 4.69) is 27.9 Å². The minimum Gasteiger partial charge on any atom is -0.480 e. The molecule has 2 rings (SSSR count). The summed E-state index contributed by atoms with van der Waals surface area (Å²) in [5.74, 6) is -3.88. The molecule has 2 aromatic carbocycles. The van der Waals surface area contributed by atoms with Crippen molar-refractivity contribution in [3.63, 3.8) is 0 Å². The Labute approximate surface area is 144 Å². The van der Waals surface area contributed by atoms with E-state index in [0.717, 1.165) is 21.3 Å². The van der Waals surface area contributed by atoms with Gasteiger partial charge in [0.05, 0.1) is 0 Å². The van der Waals surface area contributed by atoms with Crippen LogP contribution in [-0.2, 0) is 11.2 Å². The fourth-order valence-corrected chi connectivity index (χ4v) is 2.62. The Bertz CT molecular complexity index is 732. The van der Waals surface area contributed by atoms with E-state index >= 15 is 0 Å². The molecule has 2 N–H and O–H groups in total. The van der Waals surface area contributed by atoms with Crippen LogP contribution in [-0.4, -0.2) is 23.0 Å². The lowest BCUT2D eigenvalue weighted by Gasteiger charge is -2.15. The zero-order valence-electron chi connectivity index (χ0n) is 11.7. The van der Waals surface area contributed by atoms with E-state index < -0.39 is 29.6 Å². The van der Waals surface area contributed by atoms with E-state index in [1.807, 2.05) is 12.1 Å². The van der Waals surface area contributed by atoms with E-state index in [1.165, 1.54) is 0 Å². The van der Waals surface area contributed by atoms with Crippen molar-refractivity contribution in [2.45, 2.75) is 12.5 Å². The molecule has 4 nitrogen and oxygen atoms in total. The quantitative estimate of drug-likeness (QED) is 0.716. The average Bonchev–Trinajstić information content (AvgIpc) is 2.47. The van der Waals surface area contributed by atoms with Crippen LogP contribution in [0.15, 0.2) is 42.5 Å². The number of carbonyl (C=O) groups is 2. The van der Waals surface area contributed by atoms with E-state index in [1.54, 1.807) is 12.1 Å². The summed E-state index contributed by atoms with van der Waals surface area (Å²) in [5.41, 5.74) is 0.489. The highest BCUT2D eigenvalue weighted by Crippen LogP contribution is 2.14. The van der Waals surface area contributed by atoms with Gasteiger partial charge in [0.1, 0.15) is 17.7 Å². The van der Waals surface area contributed by atoms with Gasteiger partial charge in [-0.25, -0.2) is 13.6 Å². The molecule has 0 aromatic heterocycles. The molecule has 0 spiro atoms. The lowest BCUT2D eigenvalue weighted by molar-refractivity contribution is -0.139. The maximum atomic E-state index is 13.1. The Morgan fingerprint density at radius 2 is 1.74 bits per heavy atom. The number of halogens is 3. The second kappa shape index (κ2) is 7.49. The third kappa shape index (κ3) is 4.72. The standard InChI is InChI=1S/C16H12F2INO3/c17-11-5-10(6-12(18)8-11)15(21)20-14(16(22)23)7-9-3-1-2-4-13(9)19/h1-6,8,14H,7H2,(H,20,21)(H,22,23)/t14-/m0/s1. The molecule has 0 aliphatic rings. The molecule has 0 heterocycles. The van der Waals surface area contributed by atoms with Crippen molar-refractivity contribution in [3.05, 3.63) is 68.8 Å². The third-order valence-corrected chi connectivity index (χ3v) is 4.16. The van der Waals surface area contributed by atoms with Gasteiger partial charge in [0.15, 0.2) is 0 Å². The predicted molar refractivity (Wildman–Crippen MR) is 88.1 cm³/mol. The van der Waals surface area contributed by atoms with E-state index in [9.17, 15) is 23.5 Å². The van der Waals surface area contributed by atoms with E-state index in [4.69, 9.17) is 0 Å². The smallest absolute Gasteiger partial charge is 0.326 e. The van der Waals surface area contributed by atoms with Crippen molar-refractivity contribution in [1.82, 2.24) is 5.32 Å². The first-order chi connectivity index (χ1) is 10.9. The molecule has 0 saturated carbocycles. The molecule has 0 saturated heterocycles. The Kier molecular flexibility index (Phi) is 5.64. The number of hydrogen-bond donors (Lipinski definition) is 2. The molecule has 0 bridgehead atoms. The van der Waals surface area contributed by atoms with Gasteiger partial charge in [-0.3, -0.25) is 4.79 Å². The van der Waals surface area contributed by atoms with Crippen molar-refractivity contribution in [1.29, 1.82) is 0 Å². The number of aliphatic carboxylic acids is 1. The average molecular weight is 431 g/mol. The summed E-state index contributed by atoms with van der Waals surface area (Å²) >= 11 is 2.07. The molecule has 2 aromatic rings. The van der Waals surface area contributed by atoms with Gasteiger partial charge in [0, 0.05) is 21.6 Å². The monoisotopic (exact) mass is 431 g/mol. The number of benzene rings is 2. The molecule has 0 aliphatic heterocycles. The van der Waals surface area contributed by atoms with Crippen LogP contribution in [0.25, 0.3) is 0 Å². The van der Waals surface area contributed by atoms with Gasteiger partial charge in [-0.05, 0) is 46.4 Å². The topological polar surface area (TPSA) is 66.4 Å². The van der Waals surface area contributed by atoms with Crippen molar-refractivity contribution >= 4 is 34.5 Å². The number of nitrogens with one attached hydrogen (secondary N) is 1. The molecule has 0 radical (unpaired) electrons. The predicted octanol–water partition coefficient (Wildman–Crippen LogP) is 3.00. The minimum absolute atomic E-state index is 0.0674. The normalized spacial score (nSPS) is 11.8. The van der Waals surface area contributed by atoms with Crippen LogP contribution in [0.5, 0.6) is 0 Å². The maximum absolute atomic E-state index is 13.1. The second-order valence-corrected chi connectivity index (χ2v) is 5.98. The van der Waals surface area contributed by atoms with Crippen LogP contribution in [0.2, 0.25) is 0 Å². The molecule has 23 heavy (non-hydrogen) atoms. The Morgan fingerprint density at radius 3 is 2.30 bits per heavy atom. The number of carboxylic acids is 1. The maximum Gasteiger partial charge on any atom is 0.326 e. The molecule has 7 heteroatoms. The first kappa shape index (κ1) is 17.3. The summed E-state index contributed by atoms with van der Waals surface area (Å²) < 4.78 is 27.2. The van der Waals surface area contributed by atoms with Crippen molar-refractivity contribution < 1.29 is 23.5 Å². The van der Waals surface area contributed by atoms with Gasteiger partial charge in [0.25, 0.3) is 5.91 Å². The molecule has 0 fully saturated rings. The van der Waals surface area contributed by atoms with Gasteiger partial charge in [-0.15, -0.1) is 0 Å². The summed E-state index contributed by atoms with van der Waals surface area (Å²) in [4.78, 5) is 23.4. The lowest BCUT2D eigenvalue weighted by Crippen LogP contribution is -2.42.